The fourth-order valence-corrected chi connectivity index (χ4v) is 4.84. The average Bonchev–Trinajstić information content (AvgIpc) is 2.85. The van der Waals surface area contributed by atoms with Crippen LogP contribution in [0.1, 0.15) is 55.1 Å². The molecule has 7 nitrogen and oxygen atoms in total. The molecule has 0 bridgehead atoms. The van der Waals surface area contributed by atoms with Crippen molar-refractivity contribution in [3.05, 3.63) is 89.5 Å². The molecule has 3 rings (SSSR count). The Hall–Kier alpha value is -3.65. The maximum atomic E-state index is 13.0. The summed E-state index contributed by atoms with van der Waals surface area (Å²) >= 11 is 0. The summed E-state index contributed by atoms with van der Waals surface area (Å²) in [6, 6.07) is 21.1. The van der Waals surface area contributed by atoms with Crippen LogP contribution in [0.4, 0.5) is 11.4 Å². The van der Waals surface area contributed by atoms with Gasteiger partial charge in [0.25, 0.3) is 0 Å². The molecule has 0 atom stereocenters. The summed E-state index contributed by atoms with van der Waals surface area (Å²) < 4.78 is 31.1. The number of methoxy groups -OCH3 is 1. The molecule has 1 N–H and O–H groups in total. The van der Waals surface area contributed by atoms with Gasteiger partial charge < -0.3 is 10.1 Å². The van der Waals surface area contributed by atoms with Crippen molar-refractivity contribution in [2.45, 2.75) is 39.0 Å². The molecular weight excluding hydrogens is 488 g/mol. The Labute approximate surface area is 219 Å². The first kappa shape index (κ1) is 27.9. The number of rotatable bonds is 10. The van der Waals surface area contributed by atoms with Gasteiger partial charge in [-0.3, -0.25) is 13.9 Å². The second kappa shape index (κ2) is 11.6. The number of hydrogen-bond donors (Lipinski definition) is 1. The zero-order valence-corrected chi connectivity index (χ0v) is 22.8. The SMILES string of the molecule is COc1cccc(N(CCCC(=O)Nc2cccc(C(=O)c3ccc(C(C)(C)C)cc3)c2)S(C)(=O)=O)c1. The van der Waals surface area contributed by atoms with Crippen molar-refractivity contribution in [1.82, 2.24) is 0 Å². The van der Waals surface area contributed by atoms with E-state index in [0.29, 0.717) is 34.7 Å². The number of sulfonamides is 1. The van der Waals surface area contributed by atoms with E-state index in [1.165, 1.54) is 11.4 Å². The molecule has 8 heteroatoms. The standard InChI is InChI=1S/C29H34N2O5S/c1-29(2,3)23-16-14-21(15-17-23)28(33)22-9-6-10-24(19-22)30-27(32)13-8-18-31(37(5,34)35)25-11-7-12-26(20-25)36-4/h6-7,9-12,14-17,19-20H,8,13,18H2,1-5H3,(H,30,32). The first-order chi connectivity index (χ1) is 17.4. The minimum absolute atomic E-state index is 0.00190. The second-order valence-electron chi connectivity index (χ2n) is 9.93. The molecule has 3 aromatic carbocycles. The van der Waals surface area contributed by atoms with Gasteiger partial charge in [0.15, 0.2) is 5.78 Å². The van der Waals surface area contributed by atoms with E-state index in [1.807, 2.05) is 24.3 Å². The number of hydrogen-bond acceptors (Lipinski definition) is 5. The van der Waals surface area contributed by atoms with Gasteiger partial charge in [-0.05, 0) is 41.7 Å². The maximum absolute atomic E-state index is 13.0. The quantitative estimate of drug-likeness (QED) is 0.360. The molecule has 0 fully saturated rings. The van der Waals surface area contributed by atoms with Crippen LogP contribution in [-0.2, 0) is 20.2 Å². The number of ether oxygens (including phenoxy) is 1. The second-order valence-corrected chi connectivity index (χ2v) is 11.8. The number of carbonyl (C=O) groups is 2. The van der Waals surface area contributed by atoms with Gasteiger partial charge >= 0.3 is 0 Å². The lowest BCUT2D eigenvalue weighted by atomic mass is 9.86. The predicted octanol–water partition coefficient (Wildman–Crippen LogP) is 5.41. The highest BCUT2D eigenvalue weighted by Crippen LogP contribution is 2.25. The Kier molecular flexibility index (Phi) is 8.76. The summed E-state index contributed by atoms with van der Waals surface area (Å²) in [6.45, 7) is 6.50. The maximum Gasteiger partial charge on any atom is 0.232 e. The first-order valence-corrected chi connectivity index (χ1v) is 13.9. The van der Waals surface area contributed by atoms with Gasteiger partial charge in [0.1, 0.15) is 5.75 Å². The molecule has 0 saturated carbocycles. The minimum Gasteiger partial charge on any atom is -0.497 e. The zero-order chi connectivity index (χ0) is 27.2. The summed E-state index contributed by atoms with van der Waals surface area (Å²) in [6.07, 6.45) is 1.56. The summed E-state index contributed by atoms with van der Waals surface area (Å²) in [5.41, 5.74) is 3.18. The van der Waals surface area contributed by atoms with Crippen molar-refractivity contribution < 1.29 is 22.7 Å². The van der Waals surface area contributed by atoms with Crippen LogP contribution >= 0.6 is 0 Å². The van der Waals surface area contributed by atoms with Crippen molar-refractivity contribution in [2.75, 3.05) is 29.5 Å². The van der Waals surface area contributed by atoms with Crippen molar-refractivity contribution in [3.63, 3.8) is 0 Å². The highest BCUT2D eigenvalue weighted by Gasteiger charge is 2.19. The minimum atomic E-state index is -3.54. The highest BCUT2D eigenvalue weighted by atomic mass is 32.2. The Morgan fingerprint density at radius 1 is 0.919 bits per heavy atom. The van der Waals surface area contributed by atoms with Crippen LogP contribution in [0.2, 0.25) is 0 Å². The lowest BCUT2D eigenvalue weighted by Crippen LogP contribution is -2.31. The normalized spacial score (nSPS) is 11.6. The topological polar surface area (TPSA) is 92.8 Å². The number of ketones is 1. The molecule has 0 saturated heterocycles. The van der Waals surface area contributed by atoms with Crippen LogP contribution in [0.3, 0.4) is 0 Å². The van der Waals surface area contributed by atoms with E-state index >= 15 is 0 Å². The molecular formula is C29H34N2O5S. The number of anilines is 2. The number of carbonyl (C=O) groups excluding carboxylic acids is 2. The molecule has 0 aliphatic heterocycles. The zero-order valence-electron chi connectivity index (χ0n) is 21.9. The van der Waals surface area contributed by atoms with E-state index in [1.54, 1.807) is 48.5 Å². The van der Waals surface area contributed by atoms with E-state index in [2.05, 4.69) is 26.1 Å². The van der Waals surface area contributed by atoms with E-state index in [0.717, 1.165) is 11.8 Å². The first-order valence-electron chi connectivity index (χ1n) is 12.1. The fraction of sp³-hybridized carbons (Fsp3) is 0.310. The van der Waals surface area contributed by atoms with E-state index in [9.17, 15) is 18.0 Å². The molecule has 0 heterocycles. The monoisotopic (exact) mass is 522 g/mol. The Morgan fingerprint density at radius 3 is 2.22 bits per heavy atom. The van der Waals surface area contributed by atoms with Gasteiger partial charge in [0.05, 0.1) is 19.1 Å². The summed E-state index contributed by atoms with van der Waals surface area (Å²) in [4.78, 5) is 25.6. The molecule has 196 valence electrons. The van der Waals surface area contributed by atoms with Crippen molar-refractivity contribution in [2.24, 2.45) is 0 Å². The van der Waals surface area contributed by atoms with Crippen molar-refractivity contribution in [1.29, 1.82) is 0 Å². The molecule has 0 aliphatic carbocycles. The number of nitrogens with zero attached hydrogens (tertiary/aromatic N) is 1. The lowest BCUT2D eigenvalue weighted by molar-refractivity contribution is -0.116. The van der Waals surface area contributed by atoms with Crippen LogP contribution in [0, 0.1) is 0 Å². The largest absolute Gasteiger partial charge is 0.497 e. The smallest absolute Gasteiger partial charge is 0.232 e. The average molecular weight is 523 g/mol. The molecule has 1 amide bonds. The van der Waals surface area contributed by atoms with Gasteiger partial charge in [0.2, 0.25) is 15.9 Å². The van der Waals surface area contributed by atoms with Gasteiger partial charge in [0, 0.05) is 35.8 Å². The van der Waals surface area contributed by atoms with Crippen LogP contribution in [0.25, 0.3) is 0 Å². The van der Waals surface area contributed by atoms with Crippen LogP contribution in [0.5, 0.6) is 5.75 Å². The fourth-order valence-electron chi connectivity index (χ4n) is 3.89. The molecule has 0 unspecified atom stereocenters. The molecule has 0 aliphatic rings. The third kappa shape index (κ3) is 7.67. The third-order valence-electron chi connectivity index (χ3n) is 5.93. The van der Waals surface area contributed by atoms with Gasteiger partial charge in [-0.25, -0.2) is 8.42 Å². The van der Waals surface area contributed by atoms with Crippen molar-refractivity contribution >= 4 is 33.1 Å². The van der Waals surface area contributed by atoms with Crippen LogP contribution in [-0.4, -0.2) is 40.0 Å². The molecule has 0 aromatic heterocycles. The third-order valence-corrected chi connectivity index (χ3v) is 7.12. The highest BCUT2D eigenvalue weighted by molar-refractivity contribution is 7.92. The lowest BCUT2D eigenvalue weighted by Gasteiger charge is -2.22. The number of benzene rings is 3. The molecule has 37 heavy (non-hydrogen) atoms. The number of nitrogens with one attached hydrogen (secondary N) is 1. The van der Waals surface area contributed by atoms with Gasteiger partial charge in [-0.15, -0.1) is 0 Å². The van der Waals surface area contributed by atoms with Crippen molar-refractivity contribution in [3.8, 4) is 5.75 Å². The Balaban J connectivity index is 1.62. The van der Waals surface area contributed by atoms with Gasteiger partial charge in [-0.2, -0.15) is 0 Å². The molecule has 0 radical (unpaired) electrons. The Bertz CT molecular complexity index is 1360. The Morgan fingerprint density at radius 2 is 1.59 bits per heavy atom. The van der Waals surface area contributed by atoms with E-state index in [4.69, 9.17) is 4.74 Å². The van der Waals surface area contributed by atoms with E-state index in [-0.39, 0.29) is 30.1 Å². The summed E-state index contributed by atoms with van der Waals surface area (Å²) in [7, 11) is -2.03. The van der Waals surface area contributed by atoms with E-state index < -0.39 is 10.0 Å². The summed E-state index contributed by atoms with van der Waals surface area (Å²) in [5, 5.41) is 2.81. The molecule has 0 spiro atoms. The van der Waals surface area contributed by atoms with Gasteiger partial charge in [-0.1, -0.05) is 63.2 Å². The predicted molar refractivity (Wildman–Crippen MR) is 148 cm³/mol. The summed E-state index contributed by atoms with van der Waals surface area (Å²) in [5.74, 6) is 0.153. The van der Waals surface area contributed by atoms with Crippen LogP contribution < -0.4 is 14.4 Å². The number of amides is 1. The molecule has 3 aromatic rings. The van der Waals surface area contributed by atoms with Crippen LogP contribution in [0.15, 0.2) is 72.8 Å².